The molecule has 6 heteroatoms. The Morgan fingerprint density at radius 2 is 2.00 bits per heavy atom. The maximum absolute atomic E-state index is 11.8. The maximum Gasteiger partial charge on any atom is 0.412 e. The Morgan fingerprint density at radius 3 is 2.62 bits per heavy atom. The summed E-state index contributed by atoms with van der Waals surface area (Å²) in [5, 5.41) is 12.2. The number of anilines is 1. The summed E-state index contributed by atoms with van der Waals surface area (Å²) in [5.41, 5.74) is 0.474. The van der Waals surface area contributed by atoms with Gasteiger partial charge in [-0.05, 0) is 32.9 Å². The van der Waals surface area contributed by atoms with Crippen molar-refractivity contribution in [2.45, 2.75) is 26.4 Å². The predicted molar refractivity (Wildman–Crippen MR) is 78.6 cm³/mol. The SMILES string of the molecule is CC(C)(C)OC(=O)Nc1cccc2cc(C(=O)O)cnc12. The monoisotopic (exact) mass is 288 g/mol. The third kappa shape index (κ3) is 3.68. The fraction of sp³-hybridized carbons (Fsp3) is 0.267. The molecular formula is C15H16N2O4. The number of para-hydroxylation sites is 1. The van der Waals surface area contributed by atoms with E-state index in [1.807, 2.05) is 0 Å². The highest BCUT2D eigenvalue weighted by Crippen LogP contribution is 2.22. The van der Waals surface area contributed by atoms with E-state index in [0.717, 1.165) is 0 Å². The molecule has 0 aliphatic carbocycles. The highest BCUT2D eigenvalue weighted by atomic mass is 16.6. The van der Waals surface area contributed by atoms with E-state index >= 15 is 0 Å². The summed E-state index contributed by atoms with van der Waals surface area (Å²) >= 11 is 0. The van der Waals surface area contributed by atoms with Crippen LogP contribution < -0.4 is 5.32 Å². The largest absolute Gasteiger partial charge is 0.478 e. The van der Waals surface area contributed by atoms with Crippen molar-refractivity contribution in [3.05, 3.63) is 36.0 Å². The Bertz CT molecular complexity index is 704. The number of ether oxygens (including phenoxy) is 1. The Morgan fingerprint density at radius 1 is 1.29 bits per heavy atom. The van der Waals surface area contributed by atoms with Gasteiger partial charge in [-0.1, -0.05) is 12.1 Å². The van der Waals surface area contributed by atoms with Crippen LogP contribution in [-0.2, 0) is 4.74 Å². The van der Waals surface area contributed by atoms with E-state index in [0.29, 0.717) is 16.6 Å². The molecule has 0 saturated heterocycles. The number of amides is 1. The topological polar surface area (TPSA) is 88.5 Å². The van der Waals surface area contributed by atoms with Crippen molar-refractivity contribution >= 4 is 28.7 Å². The van der Waals surface area contributed by atoms with Crippen LogP contribution in [0.1, 0.15) is 31.1 Å². The van der Waals surface area contributed by atoms with Gasteiger partial charge < -0.3 is 9.84 Å². The van der Waals surface area contributed by atoms with Crippen molar-refractivity contribution in [1.82, 2.24) is 4.98 Å². The average Bonchev–Trinajstić information content (AvgIpc) is 2.36. The summed E-state index contributed by atoms with van der Waals surface area (Å²) in [6.45, 7) is 5.31. The summed E-state index contributed by atoms with van der Waals surface area (Å²) in [5.74, 6) is -1.05. The molecule has 0 bridgehead atoms. The molecule has 1 aromatic carbocycles. The molecule has 2 rings (SSSR count). The van der Waals surface area contributed by atoms with Gasteiger partial charge in [-0.2, -0.15) is 0 Å². The van der Waals surface area contributed by atoms with Crippen molar-refractivity contribution in [3.8, 4) is 0 Å². The molecule has 0 unspecified atom stereocenters. The molecular weight excluding hydrogens is 272 g/mol. The molecule has 0 spiro atoms. The van der Waals surface area contributed by atoms with E-state index in [2.05, 4.69) is 10.3 Å². The number of carbonyl (C=O) groups excluding carboxylic acids is 1. The van der Waals surface area contributed by atoms with Crippen molar-refractivity contribution in [2.75, 3.05) is 5.32 Å². The molecule has 6 nitrogen and oxygen atoms in total. The number of fused-ring (bicyclic) bond motifs is 1. The minimum Gasteiger partial charge on any atom is -0.478 e. The average molecular weight is 288 g/mol. The minimum absolute atomic E-state index is 0.0944. The Balaban J connectivity index is 2.33. The van der Waals surface area contributed by atoms with Gasteiger partial charge in [0, 0.05) is 11.6 Å². The summed E-state index contributed by atoms with van der Waals surface area (Å²) in [6.07, 6.45) is 0.671. The van der Waals surface area contributed by atoms with Gasteiger partial charge in [-0.25, -0.2) is 9.59 Å². The number of carboxylic acid groups (broad SMARTS) is 1. The number of pyridine rings is 1. The highest BCUT2D eigenvalue weighted by Gasteiger charge is 2.17. The van der Waals surface area contributed by atoms with Crippen LogP contribution in [0.25, 0.3) is 10.9 Å². The molecule has 110 valence electrons. The van der Waals surface area contributed by atoms with E-state index in [-0.39, 0.29) is 5.56 Å². The number of rotatable bonds is 2. The van der Waals surface area contributed by atoms with Crippen LogP contribution >= 0.6 is 0 Å². The number of hydrogen-bond acceptors (Lipinski definition) is 4. The van der Waals surface area contributed by atoms with Crippen LogP contribution in [0.2, 0.25) is 0 Å². The van der Waals surface area contributed by atoms with Crippen LogP contribution in [0.15, 0.2) is 30.5 Å². The minimum atomic E-state index is -1.05. The van der Waals surface area contributed by atoms with Gasteiger partial charge >= 0.3 is 12.1 Å². The van der Waals surface area contributed by atoms with Crippen LogP contribution in [0, 0.1) is 0 Å². The zero-order valence-electron chi connectivity index (χ0n) is 12.0. The lowest BCUT2D eigenvalue weighted by Gasteiger charge is -2.20. The van der Waals surface area contributed by atoms with Gasteiger partial charge in [0.05, 0.1) is 16.8 Å². The molecule has 1 aromatic heterocycles. The lowest BCUT2D eigenvalue weighted by atomic mass is 10.1. The number of benzene rings is 1. The maximum atomic E-state index is 11.8. The zero-order valence-corrected chi connectivity index (χ0v) is 12.0. The standard InChI is InChI=1S/C15H16N2O4/c1-15(2,3)21-14(20)17-11-6-4-5-9-7-10(13(18)19)8-16-12(9)11/h4-8H,1-3H3,(H,17,20)(H,18,19). The van der Waals surface area contributed by atoms with Crippen molar-refractivity contribution in [2.24, 2.45) is 0 Å². The molecule has 0 atom stereocenters. The number of aromatic carboxylic acids is 1. The molecule has 0 aliphatic rings. The van der Waals surface area contributed by atoms with Gasteiger partial charge in [0.1, 0.15) is 5.60 Å². The molecule has 1 amide bonds. The number of carboxylic acids is 1. The van der Waals surface area contributed by atoms with Crippen LogP contribution in [0.4, 0.5) is 10.5 Å². The first-order valence-electron chi connectivity index (χ1n) is 6.38. The molecule has 0 fully saturated rings. The third-order valence-electron chi connectivity index (χ3n) is 2.59. The quantitative estimate of drug-likeness (QED) is 0.885. The predicted octanol–water partition coefficient (Wildman–Crippen LogP) is 3.28. The highest BCUT2D eigenvalue weighted by molar-refractivity contribution is 6.00. The number of nitrogens with one attached hydrogen (secondary N) is 1. The van der Waals surface area contributed by atoms with E-state index in [1.54, 1.807) is 39.0 Å². The van der Waals surface area contributed by atoms with Crippen molar-refractivity contribution in [3.63, 3.8) is 0 Å². The Labute approximate surface area is 121 Å². The van der Waals surface area contributed by atoms with Crippen molar-refractivity contribution in [1.29, 1.82) is 0 Å². The molecule has 2 N–H and O–H groups in total. The first-order valence-corrected chi connectivity index (χ1v) is 6.38. The molecule has 0 saturated carbocycles. The number of carbonyl (C=O) groups is 2. The van der Waals surface area contributed by atoms with Gasteiger partial charge in [-0.15, -0.1) is 0 Å². The van der Waals surface area contributed by atoms with Crippen LogP contribution in [0.3, 0.4) is 0 Å². The molecule has 0 aliphatic heterocycles. The van der Waals surface area contributed by atoms with Gasteiger partial charge in [-0.3, -0.25) is 10.3 Å². The normalized spacial score (nSPS) is 11.2. The fourth-order valence-electron chi connectivity index (χ4n) is 1.79. The van der Waals surface area contributed by atoms with Crippen LogP contribution in [0.5, 0.6) is 0 Å². The summed E-state index contributed by atoms with van der Waals surface area (Å²) < 4.78 is 5.18. The lowest BCUT2D eigenvalue weighted by molar-refractivity contribution is 0.0634. The second-order valence-corrected chi connectivity index (χ2v) is 5.53. The van der Waals surface area contributed by atoms with Crippen molar-refractivity contribution < 1.29 is 19.4 Å². The summed E-state index contributed by atoms with van der Waals surface area (Å²) in [6, 6.07) is 6.63. The van der Waals surface area contributed by atoms with Crippen LogP contribution in [-0.4, -0.2) is 27.8 Å². The number of nitrogens with zero attached hydrogens (tertiary/aromatic N) is 1. The first kappa shape index (κ1) is 14.8. The van der Waals surface area contributed by atoms with Gasteiger partial charge in [0.15, 0.2) is 0 Å². The summed E-state index contributed by atoms with van der Waals surface area (Å²) in [4.78, 5) is 26.8. The lowest BCUT2D eigenvalue weighted by Crippen LogP contribution is -2.27. The first-order chi connectivity index (χ1) is 9.76. The molecule has 21 heavy (non-hydrogen) atoms. The van der Waals surface area contributed by atoms with E-state index in [9.17, 15) is 9.59 Å². The van der Waals surface area contributed by atoms with Gasteiger partial charge in [0.25, 0.3) is 0 Å². The zero-order chi connectivity index (χ0) is 15.6. The summed E-state index contributed by atoms with van der Waals surface area (Å²) in [7, 11) is 0. The number of aromatic nitrogens is 1. The third-order valence-corrected chi connectivity index (χ3v) is 2.59. The van der Waals surface area contributed by atoms with Gasteiger partial charge in [0.2, 0.25) is 0 Å². The molecule has 1 heterocycles. The Hall–Kier alpha value is -2.63. The van der Waals surface area contributed by atoms with E-state index < -0.39 is 17.7 Å². The smallest absolute Gasteiger partial charge is 0.412 e. The second kappa shape index (κ2) is 5.40. The van der Waals surface area contributed by atoms with E-state index in [1.165, 1.54) is 12.3 Å². The van der Waals surface area contributed by atoms with E-state index in [4.69, 9.17) is 9.84 Å². The number of hydrogen-bond donors (Lipinski definition) is 2. The molecule has 0 radical (unpaired) electrons. The fourth-order valence-corrected chi connectivity index (χ4v) is 1.79. The second-order valence-electron chi connectivity index (χ2n) is 5.53. The Kier molecular flexibility index (Phi) is 3.80. The molecule has 2 aromatic rings.